The minimum atomic E-state index is -0.316. The highest BCUT2D eigenvalue weighted by Crippen LogP contribution is 2.30. The van der Waals surface area contributed by atoms with E-state index in [9.17, 15) is 9.59 Å². The molecule has 0 aliphatic carbocycles. The van der Waals surface area contributed by atoms with Crippen molar-refractivity contribution in [3.8, 4) is 28.4 Å². The van der Waals surface area contributed by atoms with Crippen LogP contribution in [0.4, 0.5) is 0 Å². The van der Waals surface area contributed by atoms with Gasteiger partial charge >= 0.3 is 0 Å². The number of nitrogens with one attached hydrogen (secondary N) is 1. The van der Waals surface area contributed by atoms with Crippen LogP contribution >= 0.6 is 23.2 Å². The Labute approximate surface area is 243 Å². The number of piperazine rings is 1. The molecule has 0 spiro atoms. The molecule has 10 heteroatoms. The average molecular weight is 581 g/mol. The number of carbonyl (C=O) groups is 1. The molecule has 2 aromatic heterocycles. The maximum Gasteiger partial charge on any atom is 0.264 e. The first-order chi connectivity index (χ1) is 19.3. The summed E-state index contributed by atoms with van der Waals surface area (Å²) in [6.07, 6.45) is 2.27. The molecule has 40 heavy (non-hydrogen) atoms. The van der Waals surface area contributed by atoms with Gasteiger partial charge in [0, 0.05) is 49.2 Å². The molecule has 0 bridgehead atoms. The minimum Gasteiger partial charge on any atom is -0.497 e. The maximum absolute atomic E-state index is 14.3. The van der Waals surface area contributed by atoms with Gasteiger partial charge in [0.2, 0.25) is 0 Å². The average Bonchev–Trinajstić information content (AvgIpc) is 3.44. The number of rotatable bonds is 7. The van der Waals surface area contributed by atoms with Gasteiger partial charge in [-0.3, -0.25) is 14.2 Å². The van der Waals surface area contributed by atoms with Gasteiger partial charge in [0.1, 0.15) is 5.75 Å². The second-order valence-corrected chi connectivity index (χ2v) is 11.0. The van der Waals surface area contributed by atoms with Crippen molar-refractivity contribution in [1.82, 2.24) is 24.6 Å². The van der Waals surface area contributed by atoms with Crippen LogP contribution in [0.2, 0.25) is 10.0 Å². The van der Waals surface area contributed by atoms with Crippen LogP contribution in [-0.2, 0) is 6.42 Å². The molecule has 0 unspecified atom stereocenters. The molecule has 3 heterocycles. The molecule has 1 amide bonds. The summed E-state index contributed by atoms with van der Waals surface area (Å²) < 4.78 is 8.70. The second kappa shape index (κ2) is 11.9. The Balaban J connectivity index is 1.76. The van der Waals surface area contributed by atoms with Gasteiger partial charge in [0.15, 0.2) is 0 Å². The zero-order chi connectivity index (χ0) is 28.4. The van der Waals surface area contributed by atoms with Crippen LogP contribution in [0.3, 0.4) is 0 Å². The number of ether oxygens (including phenoxy) is 1. The summed E-state index contributed by atoms with van der Waals surface area (Å²) in [5.41, 5.74) is 2.75. The SMILES string of the molecule is COc1ccc(Cl)c(-n2c(CC(C)C)c(C(=O)N3CCNCC3)cc(-c3ccn(-c4ccc(Cl)cc4)n3)c2=O)c1. The number of aromatic nitrogens is 3. The molecule has 1 fully saturated rings. The van der Waals surface area contributed by atoms with E-state index in [0.717, 1.165) is 5.69 Å². The van der Waals surface area contributed by atoms with E-state index in [1.165, 1.54) is 0 Å². The van der Waals surface area contributed by atoms with Crippen molar-refractivity contribution < 1.29 is 9.53 Å². The Kier molecular flexibility index (Phi) is 8.30. The quantitative estimate of drug-likeness (QED) is 0.323. The number of nitrogens with zero attached hydrogens (tertiary/aromatic N) is 4. The topological polar surface area (TPSA) is 81.4 Å². The van der Waals surface area contributed by atoms with Gasteiger partial charge in [-0.15, -0.1) is 0 Å². The van der Waals surface area contributed by atoms with Gasteiger partial charge in [0.05, 0.1) is 40.3 Å². The number of hydrogen-bond acceptors (Lipinski definition) is 5. The lowest BCUT2D eigenvalue weighted by molar-refractivity contribution is 0.0733. The lowest BCUT2D eigenvalue weighted by Crippen LogP contribution is -2.47. The zero-order valence-corrected chi connectivity index (χ0v) is 24.2. The summed E-state index contributed by atoms with van der Waals surface area (Å²) in [4.78, 5) is 30.2. The summed E-state index contributed by atoms with van der Waals surface area (Å²) in [6, 6.07) is 15.9. The number of pyridine rings is 1. The maximum atomic E-state index is 14.3. The molecule has 208 valence electrons. The van der Waals surface area contributed by atoms with Gasteiger partial charge in [-0.1, -0.05) is 37.0 Å². The Morgan fingerprint density at radius 3 is 2.45 bits per heavy atom. The monoisotopic (exact) mass is 579 g/mol. The van der Waals surface area contributed by atoms with E-state index in [-0.39, 0.29) is 17.4 Å². The third-order valence-electron chi connectivity index (χ3n) is 6.89. The molecular formula is C30H31Cl2N5O3. The molecule has 0 radical (unpaired) electrons. The third-order valence-corrected chi connectivity index (χ3v) is 7.46. The Morgan fingerprint density at radius 2 is 1.77 bits per heavy atom. The lowest BCUT2D eigenvalue weighted by atomic mass is 9.98. The summed E-state index contributed by atoms with van der Waals surface area (Å²) in [6.45, 7) is 6.71. The number of halogens is 2. The predicted octanol–water partition coefficient (Wildman–Crippen LogP) is 5.25. The number of amides is 1. The first-order valence-corrected chi connectivity index (χ1v) is 14.0. The fourth-order valence-electron chi connectivity index (χ4n) is 4.90. The molecule has 0 saturated carbocycles. The van der Waals surface area contributed by atoms with Crippen molar-refractivity contribution in [2.45, 2.75) is 20.3 Å². The number of hydrogen-bond donors (Lipinski definition) is 1. The van der Waals surface area contributed by atoms with E-state index in [0.29, 0.717) is 76.6 Å². The molecule has 8 nitrogen and oxygen atoms in total. The number of methoxy groups -OCH3 is 1. The highest BCUT2D eigenvalue weighted by Gasteiger charge is 2.27. The van der Waals surface area contributed by atoms with Gasteiger partial charge in [0.25, 0.3) is 11.5 Å². The fraction of sp³-hybridized carbons (Fsp3) is 0.300. The van der Waals surface area contributed by atoms with Gasteiger partial charge in [-0.2, -0.15) is 5.10 Å². The Morgan fingerprint density at radius 1 is 1.05 bits per heavy atom. The first-order valence-electron chi connectivity index (χ1n) is 13.2. The van der Waals surface area contributed by atoms with Crippen LogP contribution in [0.25, 0.3) is 22.6 Å². The summed E-state index contributed by atoms with van der Waals surface area (Å²) in [7, 11) is 1.56. The third kappa shape index (κ3) is 5.66. The van der Waals surface area contributed by atoms with Crippen molar-refractivity contribution in [3.05, 3.63) is 92.5 Å². The molecule has 1 saturated heterocycles. The Hall–Kier alpha value is -3.59. The highest BCUT2D eigenvalue weighted by atomic mass is 35.5. The summed E-state index contributed by atoms with van der Waals surface area (Å²) in [5.74, 6) is 0.595. The van der Waals surface area contributed by atoms with Crippen LogP contribution in [-0.4, -0.2) is 58.4 Å². The van der Waals surface area contributed by atoms with Gasteiger partial charge in [-0.05, 0) is 60.9 Å². The number of carbonyl (C=O) groups excluding carboxylic acids is 1. The largest absolute Gasteiger partial charge is 0.497 e. The molecule has 2 aromatic carbocycles. The lowest BCUT2D eigenvalue weighted by Gasteiger charge is -2.29. The molecule has 1 N–H and O–H groups in total. The standard InChI is InChI=1S/C30H31Cl2N5O3/c1-19(2)16-27-24(29(38)35-14-11-33-12-15-35)18-23(26-10-13-36(34-26)21-6-4-20(31)5-7-21)30(39)37(27)28-17-22(40-3)8-9-25(28)32/h4-10,13,17-19,33H,11-12,14-16H2,1-3H3. The van der Waals surface area contributed by atoms with Crippen molar-refractivity contribution in [2.75, 3.05) is 33.3 Å². The first kappa shape index (κ1) is 28.0. The van der Waals surface area contributed by atoms with E-state index in [2.05, 4.69) is 19.2 Å². The second-order valence-electron chi connectivity index (χ2n) is 10.1. The van der Waals surface area contributed by atoms with Crippen LogP contribution in [0, 0.1) is 5.92 Å². The summed E-state index contributed by atoms with van der Waals surface area (Å²) in [5, 5.41) is 8.98. The predicted molar refractivity (Wildman–Crippen MR) is 158 cm³/mol. The fourth-order valence-corrected chi connectivity index (χ4v) is 5.23. The normalized spacial score (nSPS) is 13.6. The van der Waals surface area contributed by atoms with E-state index >= 15 is 0 Å². The van der Waals surface area contributed by atoms with Crippen molar-refractivity contribution >= 4 is 29.1 Å². The zero-order valence-electron chi connectivity index (χ0n) is 22.7. The van der Waals surface area contributed by atoms with Gasteiger partial charge in [-0.25, -0.2) is 4.68 Å². The van der Waals surface area contributed by atoms with Crippen LogP contribution < -0.4 is 15.6 Å². The van der Waals surface area contributed by atoms with Crippen molar-refractivity contribution in [1.29, 1.82) is 0 Å². The minimum absolute atomic E-state index is 0.122. The van der Waals surface area contributed by atoms with Gasteiger partial charge < -0.3 is 15.0 Å². The van der Waals surface area contributed by atoms with Crippen molar-refractivity contribution in [2.24, 2.45) is 5.92 Å². The van der Waals surface area contributed by atoms with Crippen LogP contribution in [0.15, 0.2) is 65.6 Å². The molecular weight excluding hydrogens is 549 g/mol. The Bertz CT molecular complexity index is 1590. The number of benzene rings is 2. The van der Waals surface area contributed by atoms with E-state index in [1.54, 1.807) is 65.0 Å². The van der Waals surface area contributed by atoms with Crippen LogP contribution in [0.1, 0.15) is 29.9 Å². The van der Waals surface area contributed by atoms with Crippen LogP contribution in [0.5, 0.6) is 5.75 Å². The van der Waals surface area contributed by atoms with E-state index in [4.69, 9.17) is 33.0 Å². The molecule has 4 aromatic rings. The molecule has 1 aliphatic rings. The molecule has 5 rings (SSSR count). The van der Waals surface area contributed by atoms with E-state index < -0.39 is 0 Å². The smallest absolute Gasteiger partial charge is 0.264 e. The van der Waals surface area contributed by atoms with Crippen molar-refractivity contribution in [3.63, 3.8) is 0 Å². The highest BCUT2D eigenvalue weighted by molar-refractivity contribution is 6.32. The summed E-state index contributed by atoms with van der Waals surface area (Å²) >= 11 is 12.8. The molecule has 0 atom stereocenters. The van der Waals surface area contributed by atoms with E-state index in [1.807, 2.05) is 17.0 Å². The molecule has 1 aliphatic heterocycles.